The van der Waals surface area contributed by atoms with Gasteiger partial charge in [0.1, 0.15) is 5.82 Å². The van der Waals surface area contributed by atoms with Crippen molar-refractivity contribution < 1.29 is 9.50 Å². The minimum atomic E-state index is -0.288. The summed E-state index contributed by atoms with van der Waals surface area (Å²) in [5, 5.41) is 10.7. The Morgan fingerprint density at radius 1 is 1.00 bits per heavy atom. The third-order valence-electron chi connectivity index (χ3n) is 7.82. The van der Waals surface area contributed by atoms with E-state index in [4.69, 9.17) is 0 Å². The highest BCUT2D eigenvalue weighted by atomic mass is 19.1. The molecule has 0 unspecified atom stereocenters. The van der Waals surface area contributed by atoms with Gasteiger partial charge >= 0.3 is 0 Å². The normalized spacial score (nSPS) is 21.3. The van der Waals surface area contributed by atoms with Crippen molar-refractivity contribution in [3.8, 4) is 28.3 Å². The predicted molar refractivity (Wildman–Crippen MR) is 134 cm³/mol. The fourth-order valence-electron chi connectivity index (χ4n) is 5.77. The molecule has 2 saturated heterocycles. The first kappa shape index (κ1) is 20.9. The van der Waals surface area contributed by atoms with Crippen molar-refractivity contribution in [1.82, 2.24) is 19.0 Å². The van der Waals surface area contributed by atoms with Crippen LogP contribution >= 0.6 is 0 Å². The van der Waals surface area contributed by atoms with Crippen LogP contribution in [0.3, 0.4) is 0 Å². The molecule has 2 atom stereocenters. The number of fused-ring (bicyclic) bond motifs is 5. The monoisotopic (exact) mass is 469 g/mol. The van der Waals surface area contributed by atoms with E-state index in [2.05, 4.69) is 54.4 Å². The average molecular weight is 470 g/mol. The summed E-state index contributed by atoms with van der Waals surface area (Å²) in [6.45, 7) is 5.59. The molecule has 0 spiro atoms. The molecule has 4 aromatic rings. The summed E-state index contributed by atoms with van der Waals surface area (Å²) in [6.07, 6.45) is 6.97. The summed E-state index contributed by atoms with van der Waals surface area (Å²) in [5.74, 6) is 0.963. The van der Waals surface area contributed by atoms with Crippen molar-refractivity contribution >= 4 is 5.69 Å². The molecular weight excluding hydrogens is 441 g/mol. The number of hydrogen-bond acceptors (Lipinski definition) is 4. The van der Waals surface area contributed by atoms with Crippen molar-refractivity contribution in [1.29, 1.82) is 0 Å². The molecule has 6 nitrogen and oxygen atoms in total. The first-order chi connectivity index (χ1) is 17.1. The number of hydrogen-bond donors (Lipinski definition) is 1. The Hall–Kier alpha value is -3.42. The number of nitrogens with zero attached hydrogens (tertiary/aromatic N) is 5. The van der Waals surface area contributed by atoms with Crippen molar-refractivity contribution in [2.45, 2.75) is 19.1 Å². The van der Waals surface area contributed by atoms with Crippen LogP contribution in [0.5, 0.6) is 0 Å². The van der Waals surface area contributed by atoms with Gasteiger partial charge in [0, 0.05) is 61.9 Å². The average Bonchev–Trinajstić information content (AvgIpc) is 3.54. The van der Waals surface area contributed by atoms with Gasteiger partial charge in [0.15, 0.2) is 5.82 Å². The van der Waals surface area contributed by atoms with Gasteiger partial charge in [-0.05, 0) is 67.0 Å². The van der Waals surface area contributed by atoms with E-state index in [1.165, 1.54) is 24.1 Å². The molecule has 7 rings (SSSR count). The Morgan fingerprint density at radius 2 is 1.86 bits per heavy atom. The molecule has 0 radical (unpaired) electrons. The van der Waals surface area contributed by atoms with Crippen LogP contribution in [0.2, 0.25) is 0 Å². The molecule has 0 aliphatic carbocycles. The van der Waals surface area contributed by atoms with Crippen LogP contribution in [0.1, 0.15) is 12.0 Å². The van der Waals surface area contributed by atoms with Crippen LogP contribution < -0.4 is 4.90 Å². The van der Waals surface area contributed by atoms with Gasteiger partial charge in [-0.25, -0.2) is 9.37 Å². The predicted octanol–water partition coefficient (Wildman–Crippen LogP) is 4.01. The fourth-order valence-corrected chi connectivity index (χ4v) is 5.77. The molecule has 2 aromatic carbocycles. The van der Waals surface area contributed by atoms with Gasteiger partial charge in [-0.1, -0.05) is 12.1 Å². The lowest BCUT2D eigenvalue weighted by Crippen LogP contribution is -2.43. The molecule has 0 amide bonds. The molecule has 178 valence electrons. The molecular formula is C28H28FN5O. The number of aliphatic hydroxyl groups excluding tert-OH is 1. The van der Waals surface area contributed by atoms with Crippen LogP contribution in [0.15, 0.2) is 67.1 Å². The Balaban J connectivity index is 1.23. The van der Waals surface area contributed by atoms with Crippen LogP contribution in [0.25, 0.3) is 28.3 Å². The zero-order chi connectivity index (χ0) is 23.5. The van der Waals surface area contributed by atoms with E-state index in [-0.39, 0.29) is 11.9 Å². The van der Waals surface area contributed by atoms with E-state index in [0.717, 1.165) is 66.7 Å². The summed E-state index contributed by atoms with van der Waals surface area (Å²) in [6, 6.07) is 15.4. The molecule has 5 heterocycles. The number of anilines is 1. The quantitative estimate of drug-likeness (QED) is 0.432. The minimum absolute atomic E-state index is 0.231. The van der Waals surface area contributed by atoms with E-state index < -0.39 is 0 Å². The van der Waals surface area contributed by atoms with Gasteiger partial charge < -0.3 is 19.5 Å². The van der Waals surface area contributed by atoms with Gasteiger partial charge in [-0.2, -0.15) is 0 Å². The maximum absolute atomic E-state index is 13.5. The lowest BCUT2D eigenvalue weighted by atomic mass is 10.0. The first-order valence-electron chi connectivity index (χ1n) is 12.4. The highest BCUT2D eigenvalue weighted by Gasteiger charge is 2.34. The lowest BCUT2D eigenvalue weighted by Gasteiger charge is -2.33. The second-order valence-electron chi connectivity index (χ2n) is 10.1. The van der Waals surface area contributed by atoms with Crippen LogP contribution in [-0.2, 0) is 6.54 Å². The van der Waals surface area contributed by atoms with Gasteiger partial charge in [-0.15, -0.1) is 0 Å². The van der Waals surface area contributed by atoms with Gasteiger partial charge in [-0.3, -0.25) is 4.57 Å². The number of imidazole rings is 1. The maximum Gasteiger partial charge on any atom is 0.161 e. The molecule has 7 heteroatoms. The Labute approximate surface area is 203 Å². The molecule has 0 bridgehead atoms. The second kappa shape index (κ2) is 8.07. The Kier molecular flexibility index (Phi) is 4.82. The summed E-state index contributed by atoms with van der Waals surface area (Å²) in [7, 11) is 0. The largest absolute Gasteiger partial charge is 0.391 e. The third kappa shape index (κ3) is 3.58. The summed E-state index contributed by atoms with van der Waals surface area (Å²) >= 11 is 0. The highest BCUT2D eigenvalue weighted by molar-refractivity contribution is 5.72. The zero-order valence-electron chi connectivity index (χ0n) is 19.5. The van der Waals surface area contributed by atoms with Gasteiger partial charge in [0.05, 0.1) is 17.5 Å². The molecule has 3 aliphatic rings. The minimum Gasteiger partial charge on any atom is -0.391 e. The number of aromatic nitrogens is 3. The van der Waals surface area contributed by atoms with Crippen molar-refractivity contribution in [2.75, 3.05) is 37.6 Å². The maximum atomic E-state index is 13.5. The summed E-state index contributed by atoms with van der Waals surface area (Å²) in [5.41, 5.74) is 6.57. The van der Waals surface area contributed by atoms with Crippen LogP contribution in [-0.4, -0.2) is 63.0 Å². The first-order valence-corrected chi connectivity index (χ1v) is 12.4. The van der Waals surface area contributed by atoms with Crippen molar-refractivity contribution in [3.05, 3.63) is 78.5 Å². The standard InChI is InChI=1S/C28H28FN5O/c29-23-4-2-19(3-5-23)20-13-26-28-30-8-11-34(28)25-7-6-24(12-21(25)16-33(26)15-20)32-17-22(27(35)18-32)14-31-9-1-10-31/h2-8,11-13,15,22,27,35H,1,9-10,14,16-18H2/t22-,27-/m0/s1. The lowest BCUT2D eigenvalue weighted by molar-refractivity contribution is 0.0893. The highest BCUT2D eigenvalue weighted by Crippen LogP contribution is 2.36. The van der Waals surface area contributed by atoms with Crippen LogP contribution in [0, 0.1) is 11.7 Å². The Morgan fingerprint density at radius 3 is 2.66 bits per heavy atom. The van der Waals surface area contributed by atoms with E-state index >= 15 is 0 Å². The number of likely N-dealkylation sites (tertiary alicyclic amines) is 1. The van der Waals surface area contributed by atoms with E-state index in [0.29, 0.717) is 12.5 Å². The SMILES string of the molecule is O[C@H]1CN(c2ccc3c(c2)Cn2cc(-c4ccc(F)cc4)cc2-c2nccn2-3)C[C@@H]1CN1CCC1. The van der Waals surface area contributed by atoms with Crippen molar-refractivity contribution in [3.63, 3.8) is 0 Å². The van der Waals surface area contributed by atoms with Crippen molar-refractivity contribution in [2.24, 2.45) is 5.92 Å². The number of halogens is 1. The molecule has 35 heavy (non-hydrogen) atoms. The molecule has 1 N–H and O–H groups in total. The Bertz CT molecular complexity index is 1390. The van der Waals surface area contributed by atoms with E-state index in [9.17, 15) is 9.50 Å². The second-order valence-corrected chi connectivity index (χ2v) is 10.1. The van der Waals surface area contributed by atoms with E-state index in [1.54, 1.807) is 0 Å². The molecule has 0 saturated carbocycles. The molecule has 2 fully saturated rings. The summed E-state index contributed by atoms with van der Waals surface area (Å²) < 4.78 is 17.8. The number of rotatable bonds is 4. The summed E-state index contributed by atoms with van der Waals surface area (Å²) in [4.78, 5) is 9.45. The fraction of sp³-hybridized carbons (Fsp3) is 0.321. The zero-order valence-corrected chi connectivity index (χ0v) is 19.5. The third-order valence-corrected chi connectivity index (χ3v) is 7.82. The molecule has 3 aliphatic heterocycles. The smallest absolute Gasteiger partial charge is 0.161 e. The van der Waals surface area contributed by atoms with E-state index in [1.807, 2.05) is 24.5 Å². The number of aliphatic hydroxyl groups is 1. The molecule has 2 aromatic heterocycles. The van der Waals surface area contributed by atoms with Crippen LogP contribution in [0.4, 0.5) is 10.1 Å². The van der Waals surface area contributed by atoms with Gasteiger partial charge in [0.25, 0.3) is 0 Å². The number of benzene rings is 2. The topological polar surface area (TPSA) is 49.5 Å². The number of β-amino-alcohol motifs (C(OH)–C–C–N with tert-alkyl or cyclic N) is 1. The van der Waals surface area contributed by atoms with Gasteiger partial charge in [0.2, 0.25) is 0 Å².